The molecule has 0 saturated heterocycles. The molecule has 0 unspecified atom stereocenters. The van der Waals surface area contributed by atoms with Gasteiger partial charge in [0.25, 0.3) is 10.0 Å². The van der Waals surface area contributed by atoms with Crippen LogP contribution in [0.2, 0.25) is 0 Å². The van der Waals surface area contributed by atoms with Gasteiger partial charge in [-0.15, -0.1) is 0 Å². The monoisotopic (exact) mass is 311 g/mol. The summed E-state index contributed by atoms with van der Waals surface area (Å²) in [4.78, 5) is 4.08. The first-order valence-corrected chi connectivity index (χ1v) is 9.03. The van der Waals surface area contributed by atoms with E-state index in [2.05, 4.69) is 35.8 Å². The normalized spacial score (nSPS) is 17.1. The van der Waals surface area contributed by atoms with Gasteiger partial charge in [-0.05, 0) is 36.3 Å². The topological polar surface area (TPSA) is 71.1 Å². The second-order valence-electron chi connectivity index (χ2n) is 6.22. The van der Waals surface area contributed by atoms with E-state index in [1.807, 2.05) is 6.07 Å². The molecule has 0 spiro atoms. The van der Waals surface area contributed by atoms with Crippen molar-refractivity contribution in [2.45, 2.75) is 57.6 Å². The lowest BCUT2D eigenvalue weighted by Crippen LogP contribution is -2.30. The zero-order valence-corrected chi connectivity index (χ0v) is 13.8. The average molecular weight is 311 g/mol. The summed E-state index contributed by atoms with van der Waals surface area (Å²) >= 11 is 0. The standard InChI is InChI=1S/C15H25N3O2S/c1-4-15(7-8-15)11-18-21(19,20)14-6-5-13(10-17-14)9-16-12(2)3/h5-6,10,12,16,18H,4,7-9,11H2,1-3H3. The number of aromatic nitrogens is 1. The first-order chi connectivity index (χ1) is 9.87. The molecule has 21 heavy (non-hydrogen) atoms. The molecule has 118 valence electrons. The summed E-state index contributed by atoms with van der Waals surface area (Å²) in [6.45, 7) is 7.45. The van der Waals surface area contributed by atoms with E-state index in [1.54, 1.807) is 12.3 Å². The summed E-state index contributed by atoms with van der Waals surface area (Å²) in [5.74, 6) is 0. The summed E-state index contributed by atoms with van der Waals surface area (Å²) in [6.07, 6.45) is 4.86. The van der Waals surface area contributed by atoms with Crippen molar-refractivity contribution in [3.63, 3.8) is 0 Å². The number of nitrogens with one attached hydrogen (secondary N) is 2. The van der Waals surface area contributed by atoms with Crippen molar-refractivity contribution in [1.82, 2.24) is 15.0 Å². The Morgan fingerprint density at radius 2 is 2.05 bits per heavy atom. The van der Waals surface area contributed by atoms with Crippen molar-refractivity contribution in [3.8, 4) is 0 Å². The molecule has 5 nitrogen and oxygen atoms in total. The Bertz CT molecular complexity index is 563. The van der Waals surface area contributed by atoms with Crippen LogP contribution in [-0.2, 0) is 16.6 Å². The summed E-state index contributed by atoms with van der Waals surface area (Å²) < 4.78 is 27.1. The third-order valence-corrected chi connectivity index (χ3v) is 5.45. The molecule has 0 aliphatic heterocycles. The van der Waals surface area contributed by atoms with Crippen molar-refractivity contribution >= 4 is 10.0 Å². The zero-order chi connectivity index (χ0) is 15.5. The summed E-state index contributed by atoms with van der Waals surface area (Å²) in [6, 6.07) is 3.77. The predicted octanol–water partition coefficient (Wildman–Crippen LogP) is 2.05. The SMILES string of the molecule is CCC1(CNS(=O)(=O)c2ccc(CNC(C)C)cn2)CC1. The Kier molecular flexibility index (Phi) is 5.01. The van der Waals surface area contributed by atoms with Crippen molar-refractivity contribution in [1.29, 1.82) is 0 Å². The first-order valence-electron chi connectivity index (χ1n) is 7.55. The fourth-order valence-corrected chi connectivity index (χ4v) is 3.23. The average Bonchev–Trinajstić information content (AvgIpc) is 3.24. The molecule has 0 amide bonds. The zero-order valence-electron chi connectivity index (χ0n) is 13.0. The third kappa shape index (κ3) is 4.49. The van der Waals surface area contributed by atoms with Crippen LogP contribution in [0, 0.1) is 5.41 Å². The molecule has 0 radical (unpaired) electrons. The lowest BCUT2D eigenvalue weighted by Gasteiger charge is -2.13. The van der Waals surface area contributed by atoms with E-state index < -0.39 is 10.0 Å². The molecule has 1 saturated carbocycles. The fraction of sp³-hybridized carbons (Fsp3) is 0.667. The molecule has 1 heterocycles. The van der Waals surface area contributed by atoms with Gasteiger partial charge in [-0.2, -0.15) is 0 Å². The maximum atomic E-state index is 12.2. The molecule has 1 fully saturated rings. The van der Waals surface area contributed by atoms with Gasteiger partial charge in [0.2, 0.25) is 0 Å². The molecular weight excluding hydrogens is 286 g/mol. The van der Waals surface area contributed by atoms with Crippen LogP contribution in [0.3, 0.4) is 0 Å². The number of sulfonamides is 1. The number of rotatable bonds is 8. The van der Waals surface area contributed by atoms with Crippen LogP contribution < -0.4 is 10.0 Å². The van der Waals surface area contributed by atoms with Crippen LogP contribution in [0.15, 0.2) is 23.4 Å². The van der Waals surface area contributed by atoms with Crippen molar-refractivity contribution in [2.75, 3.05) is 6.54 Å². The van der Waals surface area contributed by atoms with Crippen molar-refractivity contribution in [2.24, 2.45) is 5.41 Å². The van der Waals surface area contributed by atoms with Gasteiger partial charge in [0.1, 0.15) is 0 Å². The molecule has 1 aromatic heterocycles. The smallest absolute Gasteiger partial charge is 0.258 e. The summed E-state index contributed by atoms with van der Waals surface area (Å²) in [5.41, 5.74) is 1.17. The van der Waals surface area contributed by atoms with E-state index in [0.717, 1.165) is 24.8 Å². The molecule has 1 aliphatic rings. The maximum absolute atomic E-state index is 12.2. The first kappa shape index (κ1) is 16.4. The number of pyridine rings is 1. The quantitative estimate of drug-likeness (QED) is 0.771. The van der Waals surface area contributed by atoms with Crippen LogP contribution >= 0.6 is 0 Å². The van der Waals surface area contributed by atoms with Gasteiger partial charge in [-0.3, -0.25) is 0 Å². The lowest BCUT2D eigenvalue weighted by molar-refractivity contribution is 0.475. The van der Waals surface area contributed by atoms with Crippen LogP contribution in [-0.4, -0.2) is 26.0 Å². The number of hydrogen-bond donors (Lipinski definition) is 2. The van der Waals surface area contributed by atoms with Gasteiger partial charge in [-0.25, -0.2) is 18.1 Å². The predicted molar refractivity (Wildman–Crippen MR) is 83.4 cm³/mol. The fourth-order valence-electron chi connectivity index (χ4n) is 2.15. The second kappa shape index (κ2) is 6.42. The van der Waals surface area contributed by atoms with Crippen LogP contribution in [0.1, 0.15) is 45.6 Å². The minimum atomic E-state index is -3.49. The van der Waals surface area contributed by atoms with Gasteiger partial charge in [0, 0.05) is 25.3 Å². The molecule has 0 bridgehead atoms. The highest BCUT2D eigenvalue weighted by Gasteiger charge is 2.41. The molecular formula is C15H25N3O2S. The molecule has 0 atom stereocenters. The van der Waals surface area contributed by atoms with E-state index >= 15 is 0 Å². The van der Waals surface area contributed by atoms with Crippen LogP contribution in [0.4, 0.5) is 0 Å². The van der Waals surface area contributed by atoms with Gasteiger partial charge < -0.3 is 5.32 Å². The van der Waals surface area contributed by atoms with E-state index in [4.69, 9.17) is 0 Å². The molecule has 2 N–H and O–H groups in total. The van der Waals surface area contributed by atoms with Crippen LogP contribution in [0.25, 0.3) is 0 Å². The summed E-state index contributed by atoms with van der Waals surface area (Å²) in [7, 11) is -3.49. The van der Waals surface area contributed by atoms with Crippen LogP contribution in [0.5, 0.6) is 0 Å². The maximum Gasteiger partial charge on any atom is 0.258 e. The molecule has 1 aliphatic carbocycles. The van der Waals surface area contributed by atoms with E-state index in [0.29, 0.717) is 19.1 Å². The van der Waals surface area contributed by atoms with E-state index in [-0.39, 0.29) is 10.4 Å². The minimum Gasteiger partial charge on any atom is -0.310 e. The number of hydrogen-bond acceptors (Lipinski definition) is 4. The highest BCUT2D eigenvalue weighted by atomic mass is 32.2. The third-order valence-electron chi connectivity index (χ3n) is 4.13. The van der Waals surface area contributed by atoms with Gasteiger partial charge in [0.05, 0.1) is 0 Å². The molecule has 2 rings (SSSR count). The Balaban J connectivity index is 1.96. The van der Waals surface area contributed by atoms with Crippen molar-refractivity contribution < 1.29 is 8.42 Å². The van der Waals surface area contributed by atoms with E-state index in [9.17, 15) is 8.42 Å². The van der Waals surface area contributed by atoms with Gasteiger partial charge in [0.15, 0.2) is 5.03 Å². The van der Waals surface area contributed by atoms with Gasteiger partial charge in [-0.1, -0.05) is 26.8 Å². The molecule has 0 aromatic carbocycles. The number of nitrogens with zero attached hydrogens (tertiary/aromatic N) is 1. The molecule has 1 aromatic rings. The Morgan fingerprint density at radius 3 is 2.52 bits per heavy atom. The lowest BCUT2D eigenvalue weighted by atomic mass is 10.1. The second-order valence-corrected chi connectivity index (χ2v) is 7.93. The van der Waals surface area contributed by atoms with Crippen molar-refractivity contribution in [3.05, 3.63) is 23.9 Å². The Morgan fingerprint density at radius 1 is 1.33 bits per heavy atom. The highest BCUT2D eigenvalue weighted by molar-refractivity contribution is 7.89. The molecule has 6 heteroatoms. The van der Waals surface area contributed by atoms with Gasteiger partial charge >= 0.3 is 0 Å². The highest BCUT2D eigenvalue weighted by Crippen LogP contribution is 2.48. The summed E-state index contributed by atoms with van der Waals surface area (Å²) in [5, 5.41) is 3.38. The largest absolute Gasteiger partial charge is 0.310 e. The Labute approximate surface area is 127 Å². The Hall–Kier alpha value is -0.980. The van der Waals surface area contributed by atoms with E-state index in [1.165, 1.54) is 0 Å². The minimum absolute atomic E-state index is 0.0997.